The van der Waals surface area contributed by atoms with Crippen molar-refractivity contribution in [2.45, 2.75) is 34.1 Å². The molecular weight excluding hydrogens is 226 g/mol. The van der Waals surface area contributed by atoms with Gasteiger partial charge in [0.1, 0.15) is 0 Å². The van der Waals surface area contributed by atoms with Crippen LogP contribution in [0.15, 0.2) is 0 Å². The van der Waals surface area contributed by atoms with E-state index in [1.807, 2.05) is 0 Å². The third-order valence-corrected chi connectivity index (χ3v) is 3.90. The number of nitrogens with zero attached hydrogens (tertiary/aromatic N) is 1. The lowest BCUT2D eigenvalue weighted by Gasteiger charge is -2.30. The Bertz CT molecular complexity index is 134. The lowest BCUT2D eigenvalue weighted by Crippen LogP contribution is -2.35. The van der Waals surface area contributed by atoms with Crippen LogP contribution in [0.4, 0.5) is 0 Å². The molecule has 2 heteroatoms. The Kier molecular flexibility index (Phi) is 6.23. The first-order valence-corrected chi connectivity index (χ1v) is 6.28. The second-order valence-corrected chi connectivity index (χ2v) is 5.57. The highest BCUT2D eigenvalue weighted by atomic mass is 79.9. The molecule has 0 aromatic carbocycles. The van der Waals surface area contributed by atoms with Crippen LogP contribution in [0.25, 0.3) is 0 Å². The Labute approximate surface area is 92.0 Å². The molecule has 13 heavy (non-hydrogen) atoms. The maximum Gasteiger partial charge on any atom is 0.00949 e. The van der Waals surface area contributed by atoms with Crippen LogP contribution in [0, 0.1) is 11.3 Å². The fourth-order valence-electron chi connectivity index (χ4n) is 1.50. The third kappa shape index (κ3) is 6.50. The molecular formula is C11H24BrN. The van der Waals surface area contributed by atoms with Gasteiger partial charge in [-0.2, -0.15) is 0 Å². The van der Waals surface area contributed by atoms with Crippen molar-refractivity contribution in [3.63, 3.8) is 0 Å². The molecule has 0 saturated heterocycles. The molecule has 80 valence electrons. The zero-order chi connectivity index (χ0) is 10.5. The van der Waals surface area contributed by atoms with Gasteiger partial charge < -0.3 is 4.90 Å². The van der Waals surface area contributed by atoms with Crippen molar-refractivity contribution in [3.8, 4) is 0 Å². The topological polar surface area (TPSA) is 3.24 Å². The van der Waals surface area contributed by atoms with E-state index in [9.17, 15) is 0 Å². The molecule has 0 aromatic rings. The predicted octanol–water partition coefficient (Wildman–Crippen LogP) is 3.39. The Morgan fingerprint density at radius 1 is 1.38 bits per heavy atom. The van der Waals surface area contributed by atoms with E-state index in [1.54, 1.807) is 0 Å². The van der Waals surface area contributed by atoms with Crippen LogP contribution in [0.2, 0.25) is 0 Å². The first kappa shape index (κ1) is 13.4. The van der Waals surface area contributed by atoms with E-state index in [2.05, 4.69) is 55.6 Å². The molecule has 0 aliphatic carbocycles. The number of halogens is 1. The van der Waals surface area contributed by atoms with Gasteiger partial charge in [0.2, 0.25) is 0 Å². The minimum absolute atomic E-state index is 0.391. The van der Waals surface area contributed by atoms with Crippen LogP contribution < -0.4 is 0 Å². The molecule has 1 unspecified atom stereocenters. The summed E-state index contributed by atoms with van der Waals surface area (Å²) < 4.78 is 0. The van der Waals surface area contributed by atoms with Crippen LogP contribution in [-0.2, 0) is 0 Å². The zero-order valence-corrected chi connectivity index (χ0v) is 11.3. The van der Waals surface area contributed by atoms with E-state index in [1.165, 1.54) is 19.5 Å². The molecule has 0 spiro atoms. The summed E-state index contributed by atoms with van der Waals surface area (Å²) in [6.45, 7) is 11.6. The van der Waals surface area contributed by atoms with Crippen LogP contribution in [0.3, 0.4) is 0 Å². The van der Waals surface area contributed by atoms with Crippen LogP contribution in [-0.4, -0.2) is 30.4 Å². The van der Waals surface area contributed by atoms with Gasteiger partial charge in [-0.3, -0.25) is 0 Å². The Hall–Kier alpha value is 0.440. The fourth-order valence-corrected chi connectivity index (χ4v) is 1.68. The van der Waals surface area contributed by atoms with Crippen LogP contribution in [0.1, 0.15) is 34.1 Å². The smallest absolute Gasteiger partial charge is 0.00949 e. The number of hydrogen-bond acceptors (Lipinski definition) is 1. The van der Waals surface area contributed by atoms with Gasteiger partial charge in [-0.15, -0.1) is 0 Å². The molecule has 0 radical (unpaired) electrons. The van der Waals surface area contributed by atoms with Gasteiger partial charge in [-0.1, -0.05) is 50.0 Å². The first-order valence-electron chi connectivity index (χ1n) is 5.15. The van der Waals surface area contributed by atoms with E-state index < -0.39 is 0 Å². The summed E-state index contributed by atoms with van der Waals surface area (Å²) in [5.74, 6) is 0.816. The van der Waals surface area contributed by atoms with Crippen LogP contribution in [0.5, 0.6) is 0 Å². The largest absolute Gasteiger partial charge is 0.306 e. The summed E-state index contributed by atoms with van der Waals surface area (Å²) in [5, 5.41) is 1.07. The van der Waals surface area contributed by atoms with E-state index in [0.717, 1.165) is 11.2 Å². The summed E-state index contributed by atoms with van der Waals surface area (Å²) in [6, 6.07) is 0. The maximum absolute atomic E-state index is 3.56. The summed E-state index contributed by atoms with van der Waals surface area (Å²) in [5.41, 5.74) is 0.391. The van der Waals surface area contributed by atoms with Crippen molar-refractivity contribution in [3.05, 3.63) is 0 Å². The quantitative estimate of drug-likeness (QED) is 0.653. The minimum Gasteiger partial charge on any atom is -0.306 e. The lowest BCUT2D eigenvalue weighted by molar-refractivity contribution is 0.206. The average molecular weight is 250 g/mol. The molecule has 0 heterocycles. The van der Waals surface area contributed by atoms with Crippen molar-refractivity contribution in [2.24, 2.45) is 11.3 Å². The Morgan fingerprint density at radius 2 is 1.92 bits per heavy atom. The minimum atomic E-state index is 0.391. The number of rotatable bonds is 6. The van der Waals surface area contributed by atoms with E-state index in [-0.39, 0.29) is 0 Å². The second-order valence-electron chi connectivity index (χ2n) is 5.01. The zero-order valence-electron chi connectivity index (χ0n) is 9.73. The van der Waals surface area contributed by atoms with Gasteiger partial charge in [0, 0.05) is 18.4 Å². The normalized spacial score (nSPS) is 15.0. The van der Waals surface area contributed by atoms with E-state index >= 15 is 0 Å². The summed E-state index contributed by atoms with van der Waals surface area (Å²) in [7, 11) is 2.22. The van der Waals surface area contributed by atoms with Crippen molar-refractivity contribution in [1.82, 2.24) is 4.90 Å². The van der Waals surface area contributed by atoms with Crippen molar-refractivity contribution < 1.29 is 0 Å². The van der Waals surface area contributed by atoms with Crippen LogP contribution >= 0.6 is 15.9 Å². The van der Waals surface area contributed by atoms with Crippen molar-refractivity contribution in [1.29, 1.82) is 0 Å². The third-order valence-electron chi connectivity index (χ3n) is 2.38. The average Bonchev–Trinajstić information content (AvgIpc) is 2.03. The van der Waals surface area contributed by atoms with Crippen molar-refractivity contribution >= 4 is 15.9 Å². The monoisotopic (exact) mass is 249 g/mol. The predicted molar refractivity (Wildman–Crippen MR) is 64.5 cm³/mol. The molecule has 0 aliphatic heterocycles. The highest BCUT2D eigenvalue weighted by molar-refractivity contribution is 9.09. The lowest BCUT2D eigenvalue weighted by atomic mass is 9.95. The molecule has 0 aliphatic rings. The molecule has 0 bridgehead atoms. The Balaban J connectivity index is 3.79. The summed E-state index contributed by atoms with van der Waals surface area (Å²) in [4.78, 5) is 2.44. The van der Waals surface area contributed by atoms with Gasteiger partial charge in [0.25, 0.3) is 0 Å². The number of hydrogen-bond donors (Lipinski definition) is 0. The van der Waals surface area contributed by atoms with Gasteiger partial charge in [-0.05, 0) is 18.4 Å². The molecule has 1 atom stereocenters. The maximum atomic E-state index is 3.56. The van der Waals surface area contributed by atoms with E-state index in [4.69, 9.17) is 0 Å². The van der Waals surface area contributed by atoms with Gasteiger partial charge >= 0.3 is 0 Å². The standard InChI is InChI=1S/C11H24BrN/c1-6-10(2)7-13(5)9-11(3,4)8-12/h10H,6-9H2,1-5H3. The Morgan fingerprint density at radius 3 is 2.31 bits per heavy atom. The molecule has 0 amide bonds. The molecule has 0 saturated carbocycles. The summed E-state index contributed by atoms with van der Waals surface area (Å²) >= 11 is 3.56. The number of alkyl halides is 1. The highest BCUT2D eigenvalue weighted by Crippen LogP contribution is 2.19. The van der Waals surface area contributed by atoms with Gasteiger partial charge in [0.05, 0.1) is 0 Å². The molecule has 0 aromatic heterocycles. The molecule has 0 fully saturated rings. The molecule has 0 rings (SSSR count). The summed E-state index contributed by atoms with van der Waals surface area (Å²) in [6.07, 6.45) is 1.28. The first-order chi connectivity index (χ1) is 5.91. The highest BCUT2D eigenvalue weighted by Gasteiger charge is 2.18. The van der Waals surface area contributed by atoms with Gasteiger partial charge in [0.15, 0.2) is 0 Å². The fraction of sp³-hybridized carbons (Fsp3) is 1.00. The molecule has 0 N–H and O–H groups in total. The van der Waals surface area contributed by atoms with E-state index in [0.29, 0.717) is 5.41 Å². The SMILES string of the molecule is CCC(C)CN(C)CC(C)(C)CBr. The van der Waals surface area contributed by atoms with Crippen molar-refractivity contribution in [2.75, 3.05) is 25.5 Å². The van der Waals surface area contributed by atoms with Gasteiger partial charge in [-0.25, -0.2) is 0 Å². The second kappa shape index (κ2) is 6.02. The molecule has 1 nitrogen and oxygen atoms in total.